The van der Waals surface area contributed by atoms with Gasteiger partial charge in [-0.3, -0.25) is 0 Å². The molecule has 1 aromatic carbocycles. The zero-order valence-electron chi connectivity index (χ0n) is 9.29. The van der Waals surface area contributed by atoms with E-state index in [1.165, 1.54) is 6.07 Å². The lowest BCUT2D eigenvalue weighted by Crippen LogP contribution is -2.45. The van der Waals surface area contributed by atoms with Crippen LogP contribution in [-0.2, 0) is 20.2 Å². The van der Waals surface area contributed by atoms with Crippen LogP contribution in [0.25, 0.3) is 0 Å². The van der Waals surface area contributed by atoms with E-state index in [4.69, 9.17) is 10.5 Å². The minimum absolute atomic E-state index is 0.0230. The Morgan fingerprint density at radius 3 is 2.72 bits per heavy atom. The molecule has 3 rings (SSSR count). The van der Waals surface area contributed by atoms with Gasteiger partial charge in [0.15, 0.2) is 21.3 Å². The Kier molecular flexibility index (Phi) is 2.07. The van der Waals surface area contributed by atoms with E-state index in [1.807, 2.05) is 0 Å². The van der Waals surface area contributed by atoms with Crippen LogP contribution < -0.4 is 5.73 Å². The van der Waals surface area contributed by atoms with E-state index in [9.17, 15) is 13.2 Å². The number of aliphatic imine (C=N–C) groups is 1. The number of nitrogens with zero attached hydrogens (tertiary/aromatic N) is 1. The van der Waals surface area contributed by atoms with Crippen molar-refractivity contribution in [3.8, 4) is 0 Å². The van der Waals surface area contributed by atoms with Gasteiger partial charge in [-0.15, -0.1) is 0 Å². The fourth-order valence-electron chi connectivity index (χ4n) is 2.38. The fourth-order valence-corrected chi connectivity index (χ4v) is 4.01. The summed E-state index contributed by atoms with van der Waals surface area (Å²) in [4.78, 5) is 15.0. The van der Waals surface area contributed by atoms with E-state index < -0.39 is 21.5 Å². The summed E-state index contributed by atoms with van der Waals surface area (Å²) in [5.74, 6) is -0.0945. The molecule has 2 aliphatic rings. The summed E-state index contributed by atoms with van der Waals surface area (Å²) in [5, 5.41) is 0. The number of sulfone groups is 1. The molecule has 0 saturated carbocycles. The van der Waals surface area contributed by atoms with Gasteiger partial charge < -0.3 is 10.5 Å². The first kappa shape index (κ1) is 11.2. The molecule has 2 heterocycles. The molecule has 0 saturated heterocycles. The first-order chi connectivity index (χ1) is 8.46. The molecule has 6 nitrogen and oxygen atoms in total. The normalized spacial score (nSPS) is 28.7. The van der Waals surface area contributed by atoms with Crippen molar-refractivity contribution in [1.29, 1.82) is 0 Å². The number of amidine groups is 1. The summed E-state index contributed by atoms with van der Waals surface area (Å²) in [5.41, 5.74) is 4.93. The molecule has 0 aliphatic carbocycles. The molecule has 1 unspecified atom stereocenters. The van der Waals surface area contributed by atoms with Crippen LogP contribution in [0, 0.1) is 0 Å². The predicted octanol–water partition coefficient (Wildman–Crippen LogP) is 0.567. The van der Waals surface area contributed by atoms with Gasteiger partial charge in [-0.05, 0) is 6.07 Å². The van der Waals surface area contributed by atoms with Crippen LogP contribution in [0.3, 0.4) is 0 Å². The van der Waals surface area contributed by atoms with Gasteiger partial charge >= 0.3 is 6.09 Å². The number of hydrogen-bond donors (Lipinski definition) is 1. The predicted molar refractivity (Wildman–Crippen MR) is 62.9 cm³/mol. The SMILES string of the molecule is NC1=NC(=O)OC12CCS(=O)(=O)c1ccccc12. The van der Waals surface area contributed by atoms with Crippen LogP contribution in [0.15, 0.2) is 34.2 Å². The Hall–Kier alpha value is -1.89. The van der Waals surface area contributed by atoms with Crippen LogP contribution in [0.4, 0.5) is 4.79 Å². The molecule has 2 aliphatic heterocycles. The van der Waals surface area contributed by atoms with Gasteiger partial charge in [-0.25, -0.2) is 13.2 Å². The third kappa shape index (κ3) is 1.30. The maximum Gasteiger partial charge on any atom is 0.436 e. The second-order valence-corrected chi connectivity index (χ2v) is 6.33. The van der Waals surface area contributed by atoms with Crippen molar-refractivity contribution in [2.24, 2.45) is 10.7 Å². The molecule has 0 radical (unpaired) electrons. The Bertz CT molecular complexity index is 680. The Morgan fingerprint density at radius 2 is 2.06 bits per heavy atom. The Labute approximate surface area is 103 Å². The number of hydrogen-bond acceptors (Lipinski definition) is 5. The van der Waals surface area contributed by atoms with E-state index in [0.717, 1.165) is 0 Å². The molecule has 1 spiro atoms. The third-order valence-electron chi connectivity index (χ3n) is 3.27. The Morgan fingerprint density at radius 1 is 1.33 bits per heavy atom. The van der Waals surface area contributed by atoms with Gasteiger partial charge in [0.1, 0.15) is 0 Å². The molecule has 94 valence electrons. The van der Waals surface area contributed by atoms with Gasteiger partial charge in [0.2, 0.25) is 0 Å². The molecule has 0 fully saturated rings. The zero-order valence-corrected chi connectivity index (χ0v) is 10.1. The highest BCUT2D eigenvalue weighted by molar-refractivity contribution is 7.91. The second-order valence-electron chi connectivity index (χ2n) is 4.26. The van der Waals surface area contributed by atoms with Crippen LogP contribution in [0.5, 0.6) is 0 Å². The van der Waals surface area contributed by atoms with Crippen molar-refractivity contribution in [2.45, 2.75) is 16.9 Å². The van der Waals surface area contributed by atoms with E-state index in [2.05, 4.69) is 4.99 Å². The van der Waals surface area contributed by atoms with Crippen molar-refractivity contribution in [3.63, 3.8) is 0 Å². The monoisotopic (exact) mass is 266 g/mol. The molecule has 1 atom stereocenters. The molecule has 2 N–H and O–H groups in total. The lowest BCUT2D eigenvalue weighted by molar-refractivity contribution is 0.0734. The van der Waals surface area contributed by atoms with Crippen LogP contribution in [0.1, 0.15) is 12.0 Å². The molecule has 0 bridgehead atoms. The smallest absolute Gasteiger partial charge is 0.428 e. The maximum atomic E-state index is 12.0. The van der Waals surface area contributed by atoms with E-state index in [1.54, 1.807) is 18.2 Å². The average Bonchev–Trinajstić information content (AvgIpc) is 2.61. The quantitative estimate of drug-likeness (QED) is 0.740. The highest BCUT2D eigenvalue weighted by Crippen LogP contribution is 2.42. The van der Waals surface area contributed by atoms with Gasteiger partial charge in [-0.2, -0.15) is 4.99 Å². The standard InChI is InChI=1S/C11H10N2O4S/c12-9-11(17-10(14)13-9)5-6-18(15,16)8-4-2-1-3-7(8)11/h1-4H,5-6H2,(H2,12,13,14). The topological polar surface area (TPSA) is 98.8 Å². The lowest BCUT2D eigenvalue weighted by atomic mass is 9.89. The third-order valence-corrected chi connectivity index (χ3v) is 5.03. The maximum absolute atomic E-state index is 12.0. The number of benzene rings is 1. The van der Waals surface area contributed by atoms with Crippen LogP contribution in [0.2, 0.25) is 0 Å². The molecule has 18 heavy (non-hydrogen) atoms. The van der Waals surface area contributed by atoms with Crippen LogP contribution in [-0.4, -0.2) is 26.1 Å². The highest BCUT2D eigenvalue weighted by Gasteiger charge is 2.51. The summed E-state index contributed by atoms with van der Waals surface area (Å²) in [6.45, 7) is 0. The summed E-state index contributed by atoms with van der Waals surface area (Å²) in [6.07, 6.45) is -0.672. The van der Waals surface area contributed by atoms with Crippen LogP contribution >= 0.6 is 0 Å². The highest BCUT2D eigenvalue weighted by atomic mass is 32.2. The second kappa shape index (κ2) is 3.32. The molecule has 0 aromatic heterocycles. The summed E-state index contributed by atoms with van der Waals surface area (Å²) in [6, 6.07) is 6.40. The number of fused-ring (bicyclic) bond motifs is 2. The van der Waals surface area contributed by atoms with Gasteiger partial charge in [0.25, 0.3) is 0 Å². The largest absolute Gasteiger partial charge is 0.436 e. The zero-order chi connectivity index (χ0) is 13.0. The minimum atomic E-state index is -3.35. The molecular formula is C11H10N2O4S. The lowest BCUT2D eigenvalue weighted by Gasteiger charge is -2.33. The van der Waals surface area contributed by atoms with Crippen molar-refractivity contribution >= 4 is 21.8 Å². The molecular weight excluding hydrogens is 256 g/mol. The number of rotatable bonds is 0. The van der Waals surface area contributed by atoms with Crippen molar-refractivity contribution in [1.82, 2.24) is 0 Å². The van der Waals surface area contributed by atoms with Crippen molar-refractivity contribution < 1.29 is 17.9 Å². The molecule has 7 heteroatoms. The number of ether oxygens (including phenoxy) is 1. The number of carbonyl (C=O) groups excluding carboxylic acids is 1. The van der Waals surface area contributed by atoms with E-state index in [0.29, 0.717) is 5.56 Å². The number of amides is 1. The van der Waals surface area contributed by atoms with Gasteiger partial charge in [0.05, 0.1) is 10.6 Å². The summed E-state index contributed by atoms with van der Waals surface area (Å²) in [7, 11) is -3.35. The Balaban J connectivity index is 2.29. The number of carbonyl (C=O) groups is 1. The minimum Gasteiger partial charge on any atom is -0.428 e. The summed E-state index contributed by atoms with van der Waals surface area (Å²) >= 11 is 0. The average molecular weight is 266 g/mol. The number of nitrogens with two attached hydrogens (primary N) is 1. The first-order valence-corrected chi connectivity index (χ1v) is 7.01. The summed E-state index contributed by atoms with van der Waals surface area (Å²) < 4.78 is 29.1. The molecule has 1 aromatic rings. The molecule has 1 amide bonds. The van der Waals surface area contributed by atoms with Gasteiger partial charge in [-0.1, -0.05) is 18.2 Å². The van der Waals surface area contributed by atoms with E-state index >= 15 is 0 Å². The fraction of sp³-hybridized carbons (Fsp3) is 0.273. The van der Waals surface area contributed by atoms with Crippen molar-refractivity contribution in [3.05, 3.63) is 29.8 Å². The van der Waals surface area contributed by atoms with E-state index in [-0.39, 0.29) is 22.9 Å². The van der Waals surface area contributed by atoms with Gasteiger partial charge in [0, 0.05) is 12.0 Å². The van der Waals surface area contributed by atoms with Crippen molar-refractivity contribution in [2.75, 3.05) is 5.75 Å². The first-order valence-electron chi connectivity index (χ1n) is 5.36.